The third kappa shape index (κ3) is 2.26. The Labute approximate surface area is 96.9 Å². The first-order chi connectivity index (χ1) is 7.76. The van der Waals surface area contributed by atoms with Gasteiger partial charge >= 0.3 is 0 Å². The first kappa shape index (κ1) is 11.2. The van der Waals surface area contributed by atoms with E-state index in [9.17, 15) is 0 Å². The van der Waals surface area contributed by atoms with Gasteiger partial charge in [-0.15, -0.1) is 0 Å². The fraction of sp³-hybridized carbons (Fsp3) is 0.667. The lowest BCUT2D eigenvalue weighted by atomic mass is 10.2. The second-order valence-corrected chi connectivity index (χ2v) is 4.24. The Kier molecular flexibility index (Phi) is 3.27. The highest BCUT2D eigenvalue weighted by Gasteiger charge is 2.28. The van der Waals surface area contributed by atoms with Gasteiger partial charge in [-0.05, 0) is 33.6 Å². The van der Waals surface area contributed by atoms with Gasteiger partial charge in [-0.25, -0.2) is 9.97 Å². The molecule has 1 aromatic rings. The normalized spacial score (nSPS) is 14.9. The molecule has 0 unspecified atom stereocenters. The largest absolute Gasteiger partial charge is 0.370 e. The van der Waals surface area contributed by atoms with Crippen LogP contribution >= 0.6 is 0 Å². The van der Waals surface area contributed by atoms with Crippen LogP contribution in [-0.4, -0.2) is 23.1 Å². The van der Waals surface area contributed by atoms with Crippen LogP contribution in [0.3, 0.4) is 0 Å². The van der Waals surface area contributed by atoms with E-state index in [4.69, 9.17) is 0 Å². The van der Waals surface area contributed by atoms with Crippen molar-refractivity contribution in [3.8, 4) is 0 Å². The fourth-order valence-corrected chi connectivity index (χ4v) is 1.74. The Hall–Kier alpha value is -1.32. The maximum absolute atomic E-state index is 4.60. The minimum absolute atomic E-state index is 0.593. The third-order valence-corrected chi connectivity index (χ3v) is 2.79. The van der Waals surface area contributed by atoms with E-state index in [1.54, 1.807) is 0 Å². The lowest BCUT2D eigenvalue weighted by Gasteiger charge is -2.13. The summed E-state index contributed by atoms with van der Waals surface area (Å²) in [6.07, 6.45) is 2.47. The van der Waals surface area contributed by atoms with Crippen molar-refractivity contribution in [2.75, 3.05) is 23.7 Å². The van der Waals surface area contributed by atoms with Crippen LogP contribution in [0.2, 0.25) is 0 Å². The standard InChI is InChI=1S/C12H20N4/c1-4-13-10-8(3)11(14-5-2)16-12(15-10)9-6-7-9/h9H,4-7H2,1-3H3,(H2,13,14,15,16). The molecule has 0 amide bonds. The van der Waals surface area contributed by atoms with Crippen LogP contribution in [0.4, 0.5) is 11.6 Å². The highest BCUT2D eigenvalue weighted by atomic mass is 15.1. The Morgan fingerprint density at radius 2 is 1.56 bits per heavy atom. The van der Waals surface area contributed by atoms with Crippen LogP contribution in [-0.2, 0) is 0 Å². The van der Waals surface area contributed by atoms with Crippen LogP contribution < -0.4 is 10.6 Å². The van der Waals surface area contributed by atoms with E-state index < -0.39 is 0 Å². The molecule has 1 saturated carbocycles. The topological polar surface area (TPSA) is 49.8 Å². The Morgan fingerprint density at radius 1 is 1.06 bits per heavy atom. The van der Waals surface area contributed by atoms with E-state index in [1.807, 2.05) is 0 Å². The molecule has 0 aromatic carbocycles. The summed E-state index contributed by atoms with van der Waals surface area (Å²) >= 11 is 0. The van der Waals surface area contributed by atoms with Gasteiger partial charge in [0.1, 0.15) is 17.5 Å². The third-order valence-electron chi connectivity index (χ3n) is 2.79. The Morgan fingerprint density at radius 3 is 1.94 bits per heavy atom. The highest BCUT2D eigenvalue weighted by molar-refractivity contribution is 5.57. The Balaban J connectivity index is 2.34. The van der Waals surface area contributed by atoms with Gasteiger partial charge in [-0.2, -0.15) is 0 Å². The number of hydrogen-bond donors (Lipinski definition) is 2. The molecule has 1 aliphatic rings. The second kappa shape index (κ2) is 4.68. The molecule has 0 radical (unpaired) electrons. The van der Waals surface area contributed by atoms with Crippen LogP contribution in [0.1, 0.15) is 44.0 Å². The SMILES string of the molecule is CCNc1nc(C2CC2)nc(NCC)c1C. The monoisotopic (exact) mass is 220 g/mol. The van der Waals surface area contributed by atoms with Crippen LogP contribution in [0.15, 0.2) is 0 Å². The molecule has 0 saturated heterocycles. The average molecular weight is 220 g/mol. The van der Waals surface area contributed by atoms with E-state index in [0.717, 1.165) is 36.1 Å². The zero-order chi connectivity index (χ0) is 11.5. The number of nitrogens with one attached hydrogen (secondary N) is 2. The fourth-order valence-electron chi connectivity index (χ4n) is 1.74. The number of nitrogens with zero attached hydrogens (tertiary/aromatic N) is 2. The van der Waals surface area contributed by atoms with Crippen molar-refractivity contribution in [2.45, 2.75) is 39.5 Å². The molecular weight excluding hydrogens is 200 g/mol. The van der Waals surface area contributed by atoms with Gasteiger partial charge < -0.3 is 10.6 Å². The molecule has 1 aromatic heterocycles. The second-order valence-electron chi connectivity index (χ2n) is 4.24. The predicted octanol–water partition coefficient (Wildman–Crippen LogP) is 2.53. The summed E-state index contributed by atoms with van der Waals surface area (Å²) in [6, 6.07) is 0. The van der Waals surface area contributed by atoms with Crippen LogP contribution in [0, 0.1) is 6.92 Å². The molecule has 0 spiro atoms. The lowest BCUT2D eigenvalue weighted by Crippen LogP contribution is -2.10. The zero-order valence-corrected chi connectivity index (χ0v) is 10.3. The zero-order valence-electron chi connectivity index (χ0n) is 10.3. The highest BCUT2D eigenvalue weighted by Crippen LogP contribution is 2.39. The van der Waals surface area contributed by atoms with Crippen molar-refractivity contribution < 1.29 is 0 Å². The molecule has 0 aliphatic heterocycles. The smallest absolute Gasteiger partial charge is 0.136 e. The van der Waals surface area contributed by atoms with Crippen molar-refractivity contribution in [3.05, 3.63) is 11.4 Å². The van der Waals surface area contributed by atoms with E-state index >= 15 is 0 Å². The lowest BCUT2D eigenvalue weighted by molar-refractivity contribution is 0.912. The number of hydrogen-bond acceptors (Lipinski definition) is 4. The van der Waals surface area contributed by atoms with E-state index in [2.05, 4.69) is 41.4 Å². The molecule has 0 bridgehead atoms. The molecule has 0 atom stereocenters. The van der Waals surface area contributed by atoms with Gasteiger partial charge in [0, 0.05) is 24.6 Å². The van der Waals surface area contributed by atoms with Crippen LogP contribution in [0.25, 0.3) is 0 Å². The van der Waals surface area contributed by atoms with Crippen molar-refractivity contribution in [2.24, 2.45) is 0 Å². The minimum Gasteiger partial charge on any atom is -0.370 e. The van der Waals surface area contributed by atoms with Gasteiger partial charge in [-0.1, -0.05) is 0 Å². The van der Waals surface area contributed by atoms with Gasteiger partial charge in [0.2, 0.25) is 0 Å². The summed E-state index contributed by atoms with van der Waals surface area (Å²) in [7, 11) is 0. The molecule has 2 N–H and O–H groups in total. The van der Waals surface area contributed by atoms with Gasteiger partial charge in [0.05, 0.1) is 0 Å². The first-order valence-corrected chi connectivity index (χ1v) is 6.12. The maximum atomic E-state index is 4.60. The van der Waals surface area contributed by atoms with Gasteiger partial charge in [-0.3, -0.25) is 0 Å². The predicted molar refractivity (Wildman–Crippen MR) is 67.1 cm³/mol. The molecule has 1 heterocycles. The average Bonchev–Trinajstić information content (AvgIpc) is 3.08. The Bertz CT molecular complexity index is 344. The van der Waals surface area contributed by atoms with Gasteiger partial charge in [0.25, 0.3) is 0 Å². The van der Waals surface area contributed by atoms with E-state index in [0.29, 0.717) is 5.92 Å². The van der Waals surface area contributed by atoms with E-state index in [-0.39, 0.29) is 0 Å². The molecule has 4 heteroatoms. The number of rotatable bonds is 5. The van der Waals surface area contributed by atoms with Crippen LogP contribution in [0.5, 0.6) is 0 Å². The first-order valence-electron chi connectivity index (χ1n) is 6.12. The van der Waals surface area contributed by atoms with Crippen molar-refractivity contribution in [1.29, 1.82) is 0 Å². The molecule has 4 nitrogen and oxygen atoms in total. The molecule has 1 aliphatic carbocycles. The summed E-state index contributed by atoms with van der Waals surface area (Å²) in [5, 5.41) is 6.61. The summed E-state index contributed by atoms with van der Waals surface area (Å²) in [5.41, 5.74) is 1.12. The van der Waals surface area contributed by atoms with Crippen molar-refractivity contribution in [1.82, 2.24) is 9.97 Å². The molecule has 2 rings (SSSR count). The molecular formula is C12H20N4. The van der Waals surface area contributed by atoms with Crippen molar-refractivity contribution in [3.63, 3.8) is 0 Å². The minimum atomic E-state index is 0.593. The summed E-state index contributed by atoms with van der Waals surface area (Å²) in [6.45, 7) is 8.03. The molecule has 1 fully saturated rings. The number of aromatic nitrogens is 2. The van der Waals surface area contributed by atoms with Crippen molar-refractivity contribution >= 4 is 11.6 Å². The summed E-state index contributed by atoms with van der Waals surface area (Å²) in [4.78, 5) is 9.21. The molecule has 16 heavy (non-hydrogen) atoms. The maximum Gasteiger partial charge on any atom is 0.136 e. The quantitative estimate of drug-likeness (QED) is 0.800. The van der Waals surface area contributed by atoms with E-state index in [1.165, 1.54) is 12.8 Å². The number of anilines is 2. The summed E-state index contributed by atoms with van der Waals surface area (Å²) in [5.74, 6) is 3.55. The molecule has 88 valence electrons. The van der Waals surface area contributed by atoms with Gasteiger partial charge in [0.15, 0.2) is 0 Å². The summed E-state index contributed by atoms with van der Waals surface area (Å²) < 4.78 is 0.